The van der Waals surface area contributed by atoms with Crippen molar-refractivity contribution in [2.24, 2.45) is 10.9 Å². The van der Waals surface area contributed by atoms with Crippen molar-refractivity contribution in [3.8, 4) is 5.69 Å². The quantitative estimate of drug-likeness (QED) is 0.451. The standard InChI is InChI=1S/C20H31N5O/c1-3-8-17(11-12-26)13-22-20(21-4-2)23-14-18-15-24-25(16-18)19-9-6-5-7-10-19/h5-7,9-10,15-17,26H,3-4,8,11-14H2,1-2H3,(H2,21,22,23). The Morgan fingerprint density at radius 2 is 2.00 bits per heavy atom. The van der Waals surface area contributed by atoms with Crippen LogP contribution in [0.1, 0.15) is 38.7 Å². The Kier molecular flexibility index (Phi) is 8.69. The predicted molar refractivity (Wildman–Crippen MR) is 106 cm³/mol. The van der Waals surface area contributed by atoms with Crippen LogP contribution in [-0.4, -0.2) is 40.5 Å². The number of aromatic nitrogens is 2. The first-order valence-corrected chi connectivity index (χ1v) is 9.48. The van der Waals surface area contributed by atoms with Crippen molar-refractivity contribution < 1.29 is 5.11 Å². The van der Waals surface area contributed by atoms with E-state index >= 15 is 0 Å². The highest BCUT2D eigenvalue weighted by Gasteiger charge is 2.08. The summed E-state index contributed by atoms with van der Waals surface area (Å²) in [4.78, 5) is 4.66. The van der Waals surface area contributed by atoms with E-state index in [2.05, 4.69) is 34.6 Å². The minimum Gasteiger partial charge on any atom is -0.396 e. The zero-order chi connectivity index (χ0) is 18.6. The van der Waals surface area contributed by atoms with E-state index in [0.29, 0.717) is 12.5 Å². The molecule has 0 radical (unpaired) electrons. The molecule has 0 saturated heterocycles. The predicted octanol–water partition coefficient (Wildman–Crippen LogP) is 2.73. The van der Waals surface area contributed by atoms with Crippen LogP contribution in [0.2, 0.25) is 0 Å². The van der Waals surface area contributed by atoms with Gasteiger partial charge in [0.2, 0.25) is 0 Å². The molecule has 0 aliphatic heterocycles. The van der Waals surface area contributed by atoms with Crippen LogP contribution >= 0.6 is 0 Å². The summed E-state index contributed by atoms with van der Waals surface area (Å²) >= 11 is 0. The molecule has 0 amide bonds. The fraction of sp³-hybridized carbons (Fsp3) is 0.500. The highest BCUT2D eigenvalue weighted by atomic mass is 16.3. The normalized spacial score (nSPS) is 12.8. The number of aliphatic hydroxyl groups excluding tert-OH is 1. The number of nitrogens with one attached hydrogen (secondary N) is 2. The minimum absolute atomic E-state index is 0.235. The molecule has 2 aromatic rings. The van der Waals surface area contributed by atoms with E-state index in [4.69, 9.17) is 0 Å². The van der Waals surface area contributed by atoms with Crippen molar-refractivity contribution in [2.75, 3.05) is 19.7 Å². The molecule has 0 aliphatic carbocycles. The van der Waals surface area contributed by atoms with E-state index in [0.717, 1.165) is 49.6 Å². The number of hydrogen-bond acceptors (Lipinski definition) is 3. The Hall–Kier alpha value is -2.34. The first-order valence-electron chi connectivity index (χ1n) is 9.48. The first kappa shape index (κ1) is 20.0. The van der Waals surface area contributed by atoms with Crippen LogP contribution in [0.25, 0.3) is 5.69 Å². The van der Waals surface area contributed by atoms with Crippen LogP contribution in [-0.2, 0) is 6.54 Å². The monoisotopic (exact) mass is 357 g/mol. The maximum absolute atomic E-state index is 9.20. The zero-order valence-corrected chi connectivity index (χ0v) is 15.9. The third kappa shape index (κ3) is 6.52. The van der Waals surface area contributed by atoms with E-state index in [1.54, 1.807) is 0 Å². The van der Waals surface area contributed by atoms with Gasteiger partial charge < -0.3 is 15.7 Å². The van der Waals surface area contributed by atoms with Crippen LogP contribution in [0.4, 0.5) is 0 Å². The third-order valence-corrected chi connectivity index (χ3v) is 4.21. The first-order chi connectivity index (χ1) is 12.8. The molecule has 3 N–H and O–H groups in total. The van der Waals surface area contributed by atoms with Gasteiger partial charge >= 0.3 is 0 Å². The summed E-state index contributed by atoms with van der Waals surface area (Å²) in [7, 11) is 0. The molecule has 2 rings (SSSR count). The second-order valence-corrected chi connectivity index (χ2v) is 6.37. The molecular weight excluding hydrogens is 326 g/mol. The maximum atomic E-state index is 9.20. The van der Waals surface area contributed by atoms with Gasteiger partial charge in [-0.2, -0.15) is 5.10 Å². The number of nitrogens with zero attached hydrogens (tertiary/aromatic N) is 3. The lowest BCUT2D eigenvalue weighted by Gasteiger charge is -2.18. The van der Waals surface area contributed by atoms with Crippen molar-refractivity contribution in [1.82, 2.24) is 20.4 Å². The average Bonchev–Trinajstić information content (AvgIpc) is 3.14. The summed E-state index contributed by atoms with van der Waals surface area (Å²) in [6.45, 7) is 6.67. The van der Waals surface area contributed by atoms with Gasteiger partial charge in [0.15, 0.2) is 5.96 Å². The largest absolute Gasteiger partial charge is 0.396 e. The summed E-state index contributed by atoms with van der Waals surface area (Å²) in [6, 6.07) is 10.1. The molecule has 0 spiro atoms. The summed E-state index contributed by atoms with van der Waals surface area (Å²) < 4.78 is 1.86. The highest BCUT2D eigenvalue weighted by Crippen LogP contribution is 2.10. The number of para-hydroxylation sites is 1. The van der Waals surface area contributed by atoms with Gasteiger partial charge in [-0.3, -0.25) is 0 Å². The molecule has 6 nitrogen and oxygen atoms in total. The van der Waals surface area contributed by atoms with Gasteiger partial charge in [-0.15, -0.1) is 0 Å². The fourth-order valence-electron chi connectivity index (χ4n) is 2.86. The Labute approximate surface area is 156 Å². The molecule has 1 aromatic carbocycles. The molecule has 0 saturated carbocycles. The minimum atomic E-state index is 0.235. The van der Waals surface area contributed by atoms with Gasteiger partial charge in [0.05, 0.1) is 18.4 Å². The molecule has 1 heterocycles. The Balaban J connectivity index is 1.95. The molecule has 0 fully saturated rings. The van der Waals surface area contributed by atoms with Crippen LogP contribution in [0, 0.1) is 5.92 Å². The summed E-state index contributed by atoms with van der Waals surface area (Å²) in [5.74, 6) is 1.27. The smallest absolute Gasteiger partial charge is 0.191 e. The molecule has 6 heteroatoms. The Morgan fingerprint density at radius 1 is 1.19 bits per heavy atom. The van der Waals surface area contributed by atoms with Gasteiger partial charge in [0.1, 0.15) is 0 Å². The zero-order valence-electron chi connectivity index (χ0n) is 15.9. The van der Waals surface area contributed by atoms with E-state index in [-0.39, 0.29) is 6.61 Å². The Bertz CT molecular complexity index is 647. The van der Waals surface area contributed by atoms with Crippen molar-refractivity contribution >= 4 is 5.96 Å². The second-order valence-electron chi connectivity index (χ2n) is 6.37. The molecule has 1 aromatic heterocycles. The molecule has 1 unspecified atom stereocenters. The SMILES string of the molecule is CCCC(CCO)CNC(=NCc1cnn(-c2ccccc2)c1)NCC. The third-order valence-electron chi connectivity index (χ3n) is 4.21. The van der Waals surface area contributed by atoms with Crippen molar-refractivity contribution in [2.45, 2.75) is 39.7 Å². The van der Waals surface area contributed by atoms with Gasteiger partial charge in [0, 0.05) is 31.5 Å². The van der Waals surface area contributed by atoms with Crippen molar-refractivity contribution in [3.63, 3.8) is 0 Å². The number of benzene rings is 1. The average molecular weight is 358 g/mol. The van der Waals surface area contributed by atoms with Crippen molar-refractivity contribution in [3.05, 3.63) is 48.3 Å². The maximum Gasteiger partial charge on any atom is 0.191 e. The number of guanidine groups is 1. The lowest BCUT2D eigenvalue weighted by molar-refractivity contribution is 0.251. The Morgan fingerprint density at radius 3 is 2.69 bits per heavy atom. The van der Waals surface area contributed by atoms with E-state index < -0.39 is 0 Å². The molecule has 0 aliphatic rings. The van der Waals surface area contributed by atoms with E-state index in [1.165, 1.54) is 0 Å². The molecule has 1 atom stereocenters. The van der Waals surface area contributed by atoms with Gasteiger partial charge in [-0.1, -0.05) is 31.5 Å². The topological polar surface area (TPSA) is 74.5 Å². The fourth-order valence-corrected chi connectivity index (χ4v) is 2.86. The molecule has 26 heavy (non-hydrogen) atoms. The van der Waals surface area contributed by atoms with E-state index in [1.807, 2.05) is 47.4 Å². The summed E-state index contributed by atoms with van der Waals surface area (Å²) in [5, 5.41) is 20.3. The lowest BCUT2D eigenvalue weighted by atomic mass is 10.0. The van der Waals surface area contributed by atoms with Crippen LogP contribution in [0.15, 0.2) is 47.7 Å². The molecule has 0 bridgehead atoms. The summed E-state index contributed by atoms with van der Waals surface area (Å²) in [6.07, 6.45) is 6.92. The second kappa shape index (κ2) is 11.3. The highest BCUT2D eigenvalue weighted by molar-refractivity contribution is 5.79. The number of aliphatic hydroxyl groups is 1. The number of rotatable bonds is 10. The van der Waals surface area contributed by atoms with E-state index in [9.17, 15) is 5.11 Å². The van der Waals surface area contributed by atoms with Crippen LogP contribution < -0.4 is 10.6 Å². The van der Waals surface area contributed by atoms with Crippen LogP contribution in [0.3, 0.4) is 0 Å². The summed E-state index contributed by atoms with van der Waals surface area (Å²) in [5.41, 5.74) is 2.10. The number of hydrogen-bond donors (Lipinski definition) is 3. The molecule has 142 valence electrons. The molecular formula is C20H31N5O. The lowest BCUT2D eigenvalue weighted by Crippen LogP contribution is -2.40. The van der Waals surface area contributed by atoms with Gasteiger partial charge in [0.25, 0.3) is 0 Å². The van der Waals surface area contributed by atoms with Gasteiger partial charge in [-0.25, -0.2) is 9.67 Å². The van der Waals surface area contributed by atoms with Crippen LogP contribution in [0.5, 0.6) is 0 Å². The van der Waals surface area contributed by atoms with Gasteiger partial charge in [-0.05, 0) is 37.8 Å². The van der Waals surface area contributed by atoms with Crippen molar-refractivity contribution in [1.29, 1.82) is 0 Å². The number of aliphatic imine (C=N–C) groups is 1.